The molecule has 4 rings (SSSR count). The molecule has 0 saturated carbocycles. The summed E-state index contributed by atoms with van der Waals surface area (Å²) in [7, 11) is 0. The van der Waals surface area contributed by atoms with Gasteiger partial charge in [0.1, 0.15) is 5.75 Å². The molecule has 134 valence electrons. The van der Waals surface area contributed by atoms with Crippen molar-refractivity contribution in [1.82, 2.24) is 15.1 Å². The molecule has 0 atom stereocenters. The van der Waals surface area contributed by atoms with Gasteiger partial charge in [-0.1, -0.05) is 40.2 Å². The van der Waals surface area contributed by atoms with Crippen LogP contribution in [-0.2, 0) is 19.6 Å². The van der Waals surface area contributed by atoms with Crippen LogP contribution in [0.15, 0.2) is 45.7 Å². The van der Waals surface area contributed by atoms with Gasteiger partial charge < -0.3 is 4.74 Å². The summed E-state index contributed by atoms with van der Waals surface area (Å²) in [4.78, 5) is 14.4. The summed E-state index contributed by atoms with van der Waals surface area (Å²) in [6, 6.07) is 11.2. The number of rotatable bonds is 4. The van der Waals surface area contributed by atoms with Crippen molar-refractivity contribution in [3.63, 3.8) is 0 Å². The number of ether oxygens (including phenoxy) is 1. The molecule has 26 heavy (non-hydrogen) atoms. The number of H-pyrrole nitrogens is 1. The summed E-state index contributed by atoms with van der Waals surface area (Å²) in [5, 5.41) is 7.12. The Kier molecular flexibility index (Phi) is 4.46. The predicted molar refractivity (Wildman–Crippen MR) is 96.1 cm³/mol. The molecule has 0 bridgehead atoms. The van der Waals surface area contributed by atoms with Gasteiger partial charge in [0.2, 0.25) is 0 Å². The van der Waals surface area contributed by atoms with Gasteiger partial charge in [-0.3, -0.25) is 9.69 Å². The van der Waals surface area contributed by atoms with Crippen molar-refractivity contribution < 1.29 is 13.5 Å². The van der Waals surface area contributed by atoms with Gasteiger partial charge in [-0.05, 0) is 23.3 Å². The second-order valence-electron chi connectivity index (χ2n) is 6.12. The number of fused-ring (bicyclic) bond motifs is 2. The third-order valence-electron chi connectivity index (χ3n) is 4.39. The van der Waals surface area contributed by atoms with Crippen molar-refractivity contribution in [2.75, 3.05) is 0 Å². The second-order valence-corrected chi connectivity index (χ2v) is 7.03. The van der Waals surface area contributed by atoms with Crippen molar-refractivity contribution >= 4 is 26.7 Å². The van der Waals surface area contributed by atoms with Crippen molar-refractivity contribution in [2.45, 2.75) is 26.2 Å². The maximum atomic E-state index is 12.7. The van der Waals surface area contributed by atoms with Gasteiger partial charge in [0.15, 0.2) is 0 Å². The predicted octanol–water partition coefficient (Wildman–Crippen LogP) is 3.80. The van der Waals surface area contributed by atoms with E-state index in [1.807, 2.05) is 12.1 Å². The van der Waals surface area contributed by atoms with Crippen LogP contribution >= 0.6 is 15.9 Å². The van der Waals surface area contributed by atoms with E-state index < -0.39 is 12.2 Å². The number of hydrogen-bond donors (Lipinski definition) is 1. The Morgan fingerprint density at radius 2 is 1.92 bits per heavy atom. The van der Waals surface area contributed by atoms with Gasteiger partial charge in [0.05, 0.1) is 11.1 Å². The number of benzene rings is 2. The van der Waals surface area contributed by atoms with Crippen LogP contribution in [0.5, 0.6) is 5.75 Å². The smallest absolute Gasteiger partial charge is 0.387 e. The molecule has 5 nitrogen and oxygen atoms in total. The monoisotopic (exact) mass is 421 g/mol. The summed E-state index contributed by atoms with van der Waals surface area (Å²) in [5.74, 6) is -0.168. The minimum absolute atomic E-state index is 0.0789. The van der Waals surface area contributed by atoms with Gasteiger partial charge in [-0.25, -0.2) is 5.10 Å². The van der Waals surface area contributed by atoms with Crippen LogP contribution in [0.2, 0.25) is 0 Å². The van der Waals surface area contributed by atoms with E-state index in [1.54, 1.807) is 6.07 Å². The molecule has 0 radical (unpaired) electrons. The van der Waals surface area contributed by atoms with Crippen molar-refractivity contribution in [1.29, 1.82) is 0 Å². The van der Waals surface area contributed by atoms with Gasteiger partial charge in [-0.15, -0.1) is 0 Å². The Morgan fingerprint density at radius 3 is 2.58 bits per heavy atom. The molecular weight excluding hydrogens is 408 g/mol. The van der Waals surface area contributed by atoms with E-state index >= 15 is 0 Å². The van der Waals surface area contributed by atoms with Gasteiger partial charge in [-0.2, -0.15) is 13.9 Å². The van der Waals surface area contributed by atoms with Crippen LogP contribution in [-0.4, -0.2) is 21.7 Å². The van der Waals surface area contributed by atoms with E-state index in [4.69, 9.17) is 0 Å². The fourth-order valence-electron chi connectivity index (χ4n) is 3.31. The Morgan fingerprint density at radius 1 is 1.23 bits per heavy atom. The van der Waals surface area contributed by atoms with Gasteiger partial charge in [0, 0.05) is 29.5 Å². The highest BCUT2D eigenvalue weighted by atomic mass is 79.9. The Labute approximate surface area is 155 Å². The largest absolute Gasteiger partial charge is 0.434 e. The van der Waals surface area contributed by atoms with Crippen LogP contribution in [0.25, 0.3) is 10.8 Å². The average molecular weight is 422 g/mol. The summed E-state index contributed by atoms with van der Waals surface area (Å²) < 4.78 is 30.5. The van der Waals surface area contributed by atoms with Crippen LogP contribution in [0, 0.1) is 0 Å². The Bertz CT molecular complexity index is 1010. The summed E-state index contributed by atoms with van der Waals surface area (Å²) >= 11 is 3.29. The fraction of sp³-hybridized carbons (Fsp3) is 0.222. The first kappa shape index (κ1) is 17.1. The fourth-order valence-corrected chi connectivity index (χ4v) is 3.75. The quantitative estimate of drug-likeness (QED) is 0.695. The summed E-state index contributed by atoms with van der Waals surface area (Å²) in [6.07, 6.45) is 0. The average Bonchev–Trinajstić information content (AvgIpc) is 2.99. The third-order valence-corrected chi connectivity index (χ3v) is 4.85. The number of nitrogens with one attached hydrogen (secondary N) is 1. The van der Waals surface area contributed by atoms with E-state index in [2.05, 4.69) is 47.9 Å². The van der Waals surface area contributed by atoms with Crippen LogP contribution in [0.3, 0.4) is 0 Å². The van der Waals surface area contributed by atoms with Crippen LogP contribution in [0.1, 0.15) is 16.8 Å². The molecule has 0 amide bonds. The van der Waals surface area contributed by atoms with Gasteiger partial charge >= 0.3 is 6.61 Å². The molecule has 2 heterocycles. The molecule has 1 N–H and O–H groups in total. The number of halogens is 3. The van der Waals surface area contributed by atoms with Gasteiger partial charge in [0.25, 0.3) is 5.56 Å². The van der Waals surface area contributed by atoms with Crippen molar-refractivity contribution in [3.8, 4) is 5.75 Å². The SMILES string of the molecule is O=c1[nH]nc(CN2Cc3ccccc3C2)c2cc(Br)cc(OC(F)F)c12. The molecule has 1 aliphatic heterocycles. The minimum atomic E-state index is -3.02. The molecule has 0 unspecified atom stereocenters. The lowest BCUT2D eigenvalue weighted by atomic mass is 10.1. The number of hydrogen-bond acceptors (Lipinski definition) is 4. The molecule has 1 aliphatic rings. The van der Waals surface area contributed by atoms with Crippen molar-refractivity contribution in [2.24, 2.45) is 0 Å². The topological polar surface area (TPSA) is 58.2 Å². The highest BCUT2D eigenvalue weighted by Gasteiger charge is 2.21. The second kappa shape index (κ2) is 6.77. The number of nitrogens with zero attached hydrogens (tertiary/aromatic N) is 2. The van der Waals surface area contributed by atoms with E-state index in [-0.39, 0.29) is 11.1 Å². The number of aromatic amines is 1. The first-order valence-electron chi connectivity index (χ1n) is 7.96. The Hall–Kier alpha value is -2.32. The van der Waals surface area contributed by atoms with Crippen molar-refractivity contribution in [3.05, 3.63) is 68.0 Å². The number of aromatic nitrogens is 2. The highest BCUT2D eigenvalue weighted by molar-refractivity contribution is 9.10. The normalized spacial score (nSPS) is 14.2. The van der Waals surface area contributed by atoms with E-state index in [1.165, 1.54) is 17.2 Å². The first-order chi connectivity index (χ1) is 12.5. The number of alkyl halides is 2. The molecular formula is C18H14BrF2N3O2. The maximum absolute atomic E-state index is 12.7. The lowest BCUT2D eigenvalue weighted by Crippen LogP contribution is -2.20. The van der Waals surface area contributed by atoms with Crippen LogP contribution in [0.4, 0.5) is 8.78 Å². The molecule has 0 saturated heterocycles. The van der Waals surface area contributed by atoms with E-state index in [0.29, 0.717) is 22.1 Å². The molecule has 1 aromatic heterocycles. The maximum Gasteiger partial charge on any atom is 0.387 e. The summed E-state index contributed by atoms with van der Waals surface area (Å²) in [6.45, 7) is -0.997. The molecule has 0 spiro atoms. The lowest BCUT2D eigenvalue weighted by Gasteiger charge is -2.16. The van der Waals surface area contributed by atoms with Crippen LogP contribution < -0.4 is 10.3 Å². The lowest BCUT2D eigenvalue weighted by molar-refractivity contribution is -0.0488. The molecule has 0 fully saturated rings. The highest BCUT2D eigenvalue weighted by Crippen LogP contribution is 2.31. The zero-order valence-corrected chi connectivity index (χ0v) is 15.1. The Balaban J connectivity index is 1.74. The van der Waals surface area contributed by atoms with E-state index in [9.17, 15) is 13.6 Å². The molecule has 3 aromatic rings. The first-order valence-corrected chi connectivity index (χ1v) is 8.75. The summed E-state index contributed by atoms with van der Waals surface area (Å²) in [5.41, 5.74) is 2.55. The molecule has 2 aromatic carbocycles. The molecule has 0 aliphatic carbocycles. The van der Waals surface area contributed by atoms with E-state index in [0.717, 1.165) is 13.1 Å². The zero-order valence-electron chi connectivity index (χ0n) is 13.5. The standard InChI is InChI=1S/C18H14BrF2N3O2/c19-12-5-13-14(9-24-7-10-3-1-2-4-11(10)8-24)22-23-17(25)16(13)15(6-12)26-18(20)21/h1-6,18H,7-9H2,(H,23,25). The minimum Gasteiger partial charge on any atom is -0.434 e. The third kappa shape index (κ3) is 3.22. The molecule has 8 heteroatoms. The zero-order chi connectivity index (χ0) is 18.3.